The van der Waals surface area contributed by atoms with Crippen LogP contribution in [0.25, 0.3) is 11.1 Å². The molecule has 0 radical (unpaired) electrons. The third-order valence-corrected chi connectivity index (χ3v) is 5.41. The number of esters is 2. The lowest BCUT2D eigenvalue weighted by Gasteiger charge is -2.34. The second-order valence-corrected chi connectivity index (χ2v) is 10.3. The molecule has 0 bridgehead atoms. The van der Waals surface area contributed by atoms with Crippen molar-refractivity contribution in [3.05, 3.63) is 58.9 Å². The van der Waals surface area contributed by atoms with E-state index in [1.54, 1.807) is 51.1 Å². The monoisotopic (exact) mass is 505 g/mol. The van der Waals surface area contributed by atoms with Gasteiger partial charge in [-0.3, -0.25) is 9.59 Å². The fourth-order valence-corrected chi connectivity index (χ4v) is 3.88. The fourth-order valence-electron chi connectivity index (χ4n) is 3.71. The zero-order valence-corrected chi connectivity index (χ0v) is 21.1. The molecule has 1 heterocycles. The van der Waals surface area contributed by atoms with Crippen molar-refractivity contribution in [2.75, 3.05) is 0 Å². The Morgan fingerprint density at radius 2 is 1.71 bits per heavy atom. The normalized spacial score (nSPS) is 16.8. The molecule has 1 saturated heterocycles. The summed E-state index contributed by atoms with van der Waals surface area (Å²) in [5.41, 5.74) is 1.05. The summed E-state index contributed by atoms with van der Waals surface area (Å²) in [7, 11) is 0. The maximum absolute atomic E-state index is 14.2. The van der Waals surface area contributed by atoms with Crippen LogP contribution < -0.4 is 5.32 Å². The molecule has 2 aromatic rings. The van der Waals surface area contributed by atoms with Crippen LogP contribution in [-0.2, 0) is 30.2 Å². The van der Waals surface area contributed by atoms with Gasteiger partial charge in [0, 0.05) is 30.5 Å². The Balaban J connectivity index is 1.79. The van der Waals surface area contributed by atoms with Crippen molar-refractivity contribution in [2.24, 2.45) is 5.92 Å². The van der Waals surface area contributed by atoms with Crippen molar-refractivity contribution in [2.45, 2.75) is 64.9 Å². The minimum Gasteiger partial charge on any atom is -0.444 e. The van der Waals surface area contributed by atoms with Crippen molar-refractivity contribution < 1.29 is 33.0 Å². The largest absolute Gasteiger partial charge is 0.444 e. The molecular formula is C26H29ClFNO6. The fraction of sp³-hybridized carbons (Fsp3) is 0.423. The van der Waals surface area contributed by atoms with Crippen LogP contribution in [0.1, 0.15) is 46.6 Å². The SMILES string of the molecule is CC(C)(C)OC(=O)NC(Cc1ccc(-c2cc(Cl)ccc2F)cc1)CC1C(=O)OC(C)(C)OC1=O. The standard InChI is InChI=1S/C26H29ClFNO6/c1-25(2,3)35-24(32)29-18(14-20-22(30)33-26(4,5)34-23(20)31)12-15-6-8-16(9-7-15)19-13-17(27)10-11-21(19)28/h6-11,13,18,20H,12,14H2,1-5H3,(H,29,32). The molecule has 188 valence electrons. The molecule has 0 spiro atoms. The molecule has 0 aromatic heterocycles. The van der Waals surface area contributed by atoms with Gasteiger partial charge in [0.15, 0.2) is 5.92 Å². The number of hydrogen-bond acceptors (Lipinski definition) is 6. The number of nitrogens with one attached hydrogen (secondary N) is 1. The summed E-state index contributed by atoms with van der Waals surface area (Å²) >= 11 is 6.00. The maximum atomic E-state index is 14.2. The number of cyclic esters (lactones) is 2. The summed E-state index contributed by atoms with van der Waals surface area (Å²) in [4.78, 5) is 37.4. The van der Waals surface area contributed by atoms with Gasteiger partial charge in [0.05, 0.1) is 0 Å². The molecule has 3 rings (SSSR count). The maximum Gasteiger partial charge on any atom is 0.407 e. The molecule has 1 amide bonds. The number of benzene rings is 2. The van der Waals surface area contributed by atoms with Crippen LogP contribution in [0, 0.1) is 11.7 Å². The molecule has 7 nitrogen and oxygen atoms in total. The van der Waals surface area contributed by atoms with E-state index in [4.69, 9.17) is 25.8 Å². The van der Waals surface area contributed by atoms with Gasteiger partial charge in [-0.15, -0.1) is 0 Å². The van der Waals surface area contributed by atoms with Crippen LogP contribution in [0.2, 0.25) is 5.02 Å². The number of amides is 1. The highest BCUT2D eigenvalue weighted by molar-refractivity contribution is 6.30. The first-order valence-electron chi connectivity index (χ1n) is 11.2. The number of rotatable bonds is 6. The topological polar surface area (TPSA) is 90.9 Å². The zero-order valence-electron chi connectivity index (χ0n) is 20.3. The van der Waals surface area contributed by atoms with Crippen molar-refractivity contribution in [3.8, 4) is 11.1 Å². The van der Waals surface area contributed by atoms with E-state index in [1.165, 1.54) is 26.0 Å². The Morgan fingerprint density at radius 1 is 1.11 bits per heavy atom. The Morgan fingerprint density at radius 3 is 2.29 bits per heavy atom. The number of alkyl carbamates (subject to hydrolysis) is 1. The van der Waals surface area contributed by atoms with Crippen molar-refractivity contribution in [1.29, 1.82) is 0 Å². The number of halogens is 2. The molecule has 0 aliphatic carbocycles. The van der Waals surface area contributed by atoms with Crippen molar-refractivity contribution in [3.63, 3.8) is 0 Å². The molecule has 0 saturated carbocycles. The first-order chi connectivity index (χ1) is 16.2. The van der Waals surface area contributed by atoms with Gasteiger partial charge in [-0.05, 0) is 62.9 Å². The highest BCUT2D eigenvalue weighted by Crippen LogP contribution is 2.29. The van der Waals surface area contributed by atoms with Crippen LogP contribution >= 0.6 is 11.6 Å². The number of carbonyl (C=O) groups excluding carboxylic acids is 3. The van der Waals surface area contributed by atoms with Crippen LogP contribution in [0.15, 0.2) is 42.5 Å². The van der Waals surface area contributed by atoms with E-state index >= 15 is 0 Å². The highest BCUT2D eigenvalue weighted by Gasteiger charge is 2.44. The van der Waals surface area contributed by atoms with E-state index in [9.17, 15) is 18.8 Å². The van der Waals surface area contributed by atoms with E-state index in [2.05, 4.69) is 5.32 Å². The Bertz CT molecular complexity index is 1090. The smallest absolute Gasteiger partial charge is 0.407 e. The second-order valence-electron chi connectivity index (χ2n) is 9.90. The summed E-state index contributed by atoms with van der Waals surface area (Å²) in [5.74, 6) is -4.36. The molecule has 1 aliphatic heterocycles. The number of carbonyl (C=O) groups is 3. The molecule has 1 N–H and O–H groups in total. The first-order valence-corrected chi connectivity index (χ1v) is 11.6. The van der Waals surface area contributed by atoms with Gasteiger partial charge in [-0.1, -0.05) is 35.9 Å². The lowest BCUT2D eigenvalue weighted by Crippen LogP contribution is -2.49. The van der Waals surface area contributed by atoms with Gasteiger partial charge >= 0.3 is 18.0 Å². The van der Waals surface area contributed by atoms with Crippen LogP contribution in [0.4, 0.5) is 9.18 Å². The molecule has 1 atom stereocenters. The first kappa shape index (κ1) is 26.5. The molecule has 2 aromatic carbocycles. The predicted molar refractivity (Wildman–Crippen MR) is 128 cm³/mol. The summed E-state index contributed by atoms with van der Waals surface area (Å²) in [6.45, 7) is 8.13. The number of hydrogen-bond donors (Lipinski definition) is 1. The second kappa shape index (κ2) is 10.2. The lowest BCUT2D eigenvalue weighted by atomic mass is 9.93. The molecule has 1 fully saturated rings. The summed E-state index contributed by atoms with van der Waals surface area (Å²) in [5, 5.41) is 3.16. The van der Waals surface area contributed by atoms with Crippen LogP contribution in [0.5, 0.6) is 0 Å². The predicted octanol–water partition coefficient (Wildman–Crippen LogP) is 5.42. The van der Waals surface area contributed by atoms with E-state index in [0.717, 1.165) is 5.56 Å². The van der Waals surface area contributed by atoms with Gasteiger partial charge in [0.2, 0.25) is 0 Å². The minimum atomic E-state index is -1.34. The Labute approximate surface area is 208 Å². The van der Waals surface area contributed by atoms with Gasteiger partial charge < -0.3 is 19.5 Å². The molecule has 9 heteroatoms. The summed E-state index contributed by atoms with van der Waals surface area (Å²) in [6, 6.07) is 10.7. The van der Waals surface area contributed by atoms with Crippen LogP contribution in [-0.4, -0.2) is 35.5 Å². The summed E-state index contributed by atoms with van der Waals surface area (Å²) < 4.78 is 30.0. The van der Waals surface area contributed by atoms with Gasteiger partial charge in [-0.25, -0.2) is 9.18 Å². The molecular weight excluding hydrogens is 477 g/mol. The molecule has 1 unspecified atom stereocenters. The van der Waals surface area contributed by atoms with Crippen molar-refractivity contribution >= 4 is 29.6 Å². The van der Waals surface area contributed by atoms with Gasteiger partial charge in [0.1, 0.15) is 11.4 Å². The summed E-state index contributed by atoms with van der Waals surface area (Å²) in [6.07, 6.45) is -0.451. The number of ether oxygens (including phenoxy) is 3. The minimum absolute atomic E-state index is 0.0440. The van der Waals surface area contributed by atoms with Gasteiger partial charge in [0.25, 0.3) is 5.79 Å². The van der Waals surface area contributed by atoms with Gasteiger partial charge in [-0.2, -0.15) is 0 Å². The lowest BCUT2D eigenvalue weighted by molar-refractivity contribution is -0.240. The molecule has 1 aliphatic rings. The Kier molecular flexibility index (Phi) is 7.74. The average Bonchev–Trinajstić information content (AvgIpc) is 2.71. The van der Waals surface area contributed by atoms with Crippen molar-refractivity contribution in [1.82, 2.24) is 5.32 Å². The van der Waals surface area contributed by atoms with Crippen LogP contribution in [0.3, 0.4) is 0 Å². The quantitative estimate of drug-likeness (QED) is 0.416. The average molecular weight is 506 g/mol. The van der Waals surface area contributed by atoms with E-state index in [-0.39, 0.29) is 12.8 Å². The Hall–Kier alpha value is -3.13. The zero-order chi connectivity index (χ0) is 26.0. The van der Waals surface area contributed by atoms with E-state index in [0.29, 0.717) is 16.1 Å². The van der Waals surface area contributed by atoms with E-state index in [1.807, 2.05) is 0 Å². The third kappa shape index (κ3) is 7.42. The third-order valence-electron chi connectivity index (χ3n) is 5.18. The van der Waals surface area contributed by atoms with E-state index < -0.39 is 47.2 Å². The highest BCUT2D eigenvalue weighted by atomic mass is 35.5. The molecule has 35 heavy (non-hydrogen) atoms.